The molecule has 1 saturated carbocycles. The van der Waals surface area contributed by atoms with E-state index in [0.29, 0.717) is 5.82 Å². The van der Waals surface area contributed by atoms with E-state index in [1.54, 1.807) is 4.80 Å². The number of fused-ring (bicyclic) bond motifs is 1. The summed E-state index contributed by atoms with van der Waals surface area (Å²) in [5.41, 5.74) is 1.32. The van der Waals surface area contributed by atoms with Crippen molar-refractivity contribution in [2.75, 3.05) is 6.61 Å². The smallest absolute Gasteiger partial charge is 0.204 e. The van der Waals surface area contributed by atoms with E-state index in [-0.39, 0.29) is 11.0 Å². The number of hydrogen-bond donors (Lipinski definition) is 0. The molecule has 1 aromatic heterocycles. The monoisotopic (exact) mass is 334 g/mol. The van der Waals surface area contributed by atoms with Gasteiger partial charge < -0.3 is 4.74 Å². The molecular formula is C14H15BrN4O. The average molecular weight is 335 g/mol. The van der Waals surface area contributed by atoms with Gasteiger partial charge in [0.05, 0.1) is 18.8 Å². The standard InChI is InChI=1S/C14H15BrN4O/c1-13-6-14(7-13,9-20-13)8-19-17-12(16-18-19)10-2-4-11(15)5-3-10/h2-5H,6-9H2,1H3. The van der Waals surface area contributed by atoms with E-state index in [2.05, 4.69) is 38.3 Å². The van der Waals surface area contributed by atoms with Crippen molar-refractivity contribution in [1.82, 2.24) is 20.2 Å². The fraction of sp³-hybridized carbons (Fsp3) is 0.500. The molecule has 0 radical (unpaired) electrons. The van der Waals surface area contributed by atoms with Crippen LogP contribution in [-0.4, -0.2) is 32.4 Å². The maximum atomic E-state index is 5.80. The molecule has 104 valence electrons. The van der Waals surface area contributed by atoms with Gasteiger partial charge in [0.1, 0.15) is 0 Å². The minimum Gasteiger partial charge on any atom is -0.375 e. The molecule has 3 heterocycles. The minimum absolute atomic E-state index is 0.106. The van der Waals surface area contributed by atoms with Crippen molar-refractivity contribution in [2.24, 2.45) is 5.41 Å². The Hall–Kier alpha value is -1.27. The van der Waals surface area contributed by atoms with Crippen molar-refractivity contribution in [3.05, 3.63) is 28.7 Å². The van der Waals surface area contributed by atoms with Crippen LogP contribution in [0.4, 0.5) is 0 Å². The Balaban J connectivity index is 1.53. The van der Waals surface area contributed by atoms with Crippen molar-refractivity contribution in [3.63, 3.8) is 0 Å². The van der Waals surface area contributed by atoms with Crippen LogP contribution >= 0.6 is 15.9 Å². The SMILES string of the molecule is CC12CC(Cn3nnc(-c4ccc(Br)cc4)n3)(CO1)C2. The first-order valence-corrected chi connectivity index (χ1v) is 7.53. The molecule has 2 bridgehead atoms. The molecule has 20 heavy (non-hydrogen) atoms. The third-order valence-corrected chi connectivity index (χ3v) is 4.79. The highest BCUT2D eigenvalue weighted by Crippen LogP contribution is 2.58. The Morgan fingerprint density at radius 3 is 2.70 bits per heavy atom. The summed E-state index contributed by atoms with van der Waals surface area (Å²) < 4.78 is 6.85. The Morgan fingerprint density at radius 1 is 1.30 bits per heavy atom. The number of nitrogens with zero attached hydrogens (tertiary/aromatic N) is 4. The number of halogens is 1. The highest BCUT2D eigenvalue weighted by Gasteiger charge is 2.60. The van der Waals surface area contributed by atoms with Gasteiger partial charge in [-0.3, -0.25) is 0 Å². The lowest BCUT2D eigenvalue weighted by molar-refractivity contribution is -0.00236. The highest BCUT2D eigenvalue weighted by atomic mass is 79.9. The van der Waals surface area contributed by atoms with Gasteiger partial charge in [-0.1, -0.05) is 15.9 Å². The van der Waals surface area contributed by atoms with E-state index < -0.39 is 0 Å². The van der Waals surface area contributed by atoms with Crippen LogP contribution in [0, 0.1) is 5.41 Å². The summed E-state index contributed by atoms with van der Waals surface area (Å²) in [6, 6.07) is 7.94. The molecule has 0 spiro atoms. The second-order valence-electron chi connectivity index (χ2n) is 6.24. The van der Waals surface area contributed by atoms with Crippen LogP contribution in [0.3, 0.4) is 0 Å². The third-order valence-electron chi connectivity index (χ3n) is 4.26. The van der Waals surface area contributed by atoms with Gasteiger partial charge in [0.2, 0.25) is 5.82 Å². The molecule has 0 unspecified atom stereocenters. The van der Waals surface area contributed by atoms with Gasteiger partial charge in [0.25, 0.3) is 0 Å². The van der Waals surface area contributed by atoms with Crippen molar-refractivity contribution >= 4 is 15.9 Å². The van der Waals surface area contributed by atoms with Gasteiger partial charge in [-0.05, 0) is 49.2 Å². The second-order valence-corrected chi connectivity index (χ2v) is 7.16. The van der Waals surface area contributed by atoms with Gasteiger partial charge in [-0.15, -0.1) is 10.2 Å². The molecule has 1 aromatic carbocycles. The first-order chi connectivity index (χ1) is 9.56. The summed E-state index contributed by atoms with van der Waals surface area (Å²) in [5.74, 6) is 0.676. The molecule has 2 saturated heterocycles. The van der Waals surface area contributed by atoms with Gasteiger partial charge in [-0.25, -0.2) is 0 Å². The molecule has 3 aliphatic rings. The van der Waals surface area contributed by atoms with E-state index in [9.17, 15) is 0 Å². The Bertz CT molecular complexity index is 645. The average Bonchev–Trinajstić information content (AvgIpc) is 3.04. The molecule has 0 N–H and O–H groups in total. The van der Waals surface area contributed by atoms with Gasteiger partial charge in [0.15, 0.2) is 0 Å². The molecule has 3 fully saturated rings. The second kappa shape index (κ2) is 4.11. The molecular weight excluding hydrogens is 320 g/mol. The van der Waals surface area contributed by atoms with Crippen molar-refractivity contribution in [3.8, 4) is 11.4 Å². The van der Waals surface area contributed by atoms with Crippen molar-refractivity contribution < 1.29 is 4.74 Å². The predicted octanol–water partition coefficient (Wildman–Crippen LogP) is 2.67. The van der Waals surface area contributed by atoms with Crippen LogP contribution in [0.5, 0.6) is 0 Å². The van der Waals surface area contributed by atoms with Crippen molar-refractivity contribution in [2.45, 2.75) is 31.9 Å². The highest BCUT2D eigenvalue weighted by molar-refractivity contribution is 9.10. The van der Waals surface area contributed by atoms with Crippen LogP contribution in [0.15, 0.2) is 28.7 Å². The lowest BCUT2D eigenvalue weighted by Crippen LogP contribution is -2.44. The molecule has 0 amide bonds. The zero-order valence-corrected chi connectivity index (χ0v) is 12.8. The Morgan fingerprint density at radius 2 is 2.05 bits per heavy atom. The minimum atomic E-state index is 0.106. The van der Waals surface area contributed by atoms with Crippen LogP contribution in [0.1, 0.15) is 19.8 Å². The van der Waals surface area contributed by atoms with Crippen LogP contribution in [-0.2, 0) is 11.3 Å². The van der Waals surface area contributed by atoms with Crippen LogP contribution < -0.4 is 0 Å². The topological polar surface area (TPSA) is 52.8 Å². The summed E-state index contributed by atoms with van der Waals surface area (Å²) in [7, 11) is 0. The van der Waals surface area contributed by atoms with E-state index in [1.165, 1.54) is 0 Å². The molecule has 6 heteroatoms. The number of aromatic nitrogens is 4. The van der Waals surface area contributed by atoms with Crippen molar-refractivity contribution in [1.29, 1.82) is 0 Å². The summed E-state index contributed by atoms with van der Waals surface area (Å²) in [6.07, 6.45) is 2.21. The molecule has 0 atom stereocenters. The lowest BCUT2D eigenvalue weighted by Gasteiger charge is -2.41. The number of benzene rings is 1. The normalized spacial score (nSPS) is 31.3. The zero-order valence-electron chi connectivity index (χ0n) is 11.2. The first kappa shape index (κ1) is 12.5. The van der Waals surface area contributed by atoms with E-state index in [1.807, 2.05) is 24.3 Å². The lowest BCUT2D eigenvalue weighted by atomic mass is 9.63. The van der Waals surface area contributed by atoms with Crippen LogP contribution in [0.25, 0.3) is 11.4 Å². The van der Waals surface area contributed by atoms with E-state index in [4.69, 9.17) is 4.74 Å². The molecule has 2 aromatic rings. The number of hydrogen-bond acceptors (Lipinski definition) is 4. The molecule has 1 aliphatic carbocycles. The molecule has 2 aliphatic heterocycles. The first-order valence-electron chi connectivity index (χ1n) is 6.74. The Kier molecular flexibility index (Phi) is 2.57. The largest absolute Gasteiger partial charge is 0.375 e. The third kappa shape index (κ3) is 1.98. The molecule has 5 nitrogen and oxygen atoms in total. The van der Waals surface area contributed by atoms with E-state index >= 15 is 0 Å². The fourth-order valence-corrected chi connectivity index (χ4v) is 3.81. The fourth-order valence-electron chi connectivity index (χ4n) is 3.55. The Labute approximate surface area is 125 Å². The maximum absolute atomic E-state index is 5.80. The number of tetrazole rings is 1. The van der Waals surface area contributed by atoms with Gasteiger partial charge in [-0.2, -0.15) is 4.80 Å². The van der Waals surface area contributed by atoms with Crippen LogP contribution in [0.2, 0.25) is 0 Å². The zero-order chi connectivity index (χ0) is 13.8. The summed E-state index contributed by atoms with van der Waals surface area (Å²) in [6.45, 7) is 3.80. The van der Waals surface area contributed by atoms with E-state index in [0.717, 1.165) is 36.0 Å². The van der Waals surface area contributed by atoms with Gasteiger partial charge >= 0.3 is 0 Å². The maximum Gasteiger partial charge on any atom is 0.204 e. The predicted molar refractivity (Wildman–Crippen MR) is 77.0 cm³/mol. The van der Waals surface area contributed by atoms with Gasteiger partial charge in [0, 0.05) is 15.5 Å². The summed E-state index contributed by atoms with van der Waals surface area (Å²) in [4.78, 5) is 1.71. The molecule has 5 rings (SSSR count). The quantitative estimate of drug-likeness (QED) is 0.865. The summed E-state index contributed by atoms with van der Waals surface area (Å²) in [5, 5.41) is 12.8. The number of ether oxygens (including phenoxy) is 1. The summed E-state index contributed by atoms with van der Waals surface area (Å²) >= 11 is 3.42. The number of rotatable bonds is 3.